The Bertz CT molecular complexity index is 460. The molecule has 1 heterocycles. The molecule has 0 spiro atoms. The average molecular weight is 264 g/mol. The quantitative estimate of drug-likeness (QED) is 0.814. The molecule has 0 atom stereocenters. The van der Waals surface area contributed by atoms with Crippen LogP contribution in [0.3, 0.4) is 0 Å². The summed E-state index contributed by atoms with van der Waals surface area (Å²) in [5.74, 6) is -0.0397. The van der Waals surface area contributed by atoms with Gasteiger partial charge >= 0.3 is 0 Å². The Morgan fingerprint density at radius 2 is 2.05 bits per heavy atom. The summed E-state index contributed by atoms with van der Waals surface area (Å²) in [6.45, 7) is 3.85. The van der Waals surface area contributed by atoms with E-state index in [0.717, 1.165) is 5.56 Å². The van der Waals surface area contributed by atoms with Gasteiger partial charge in [0.2, 0.25) is 11.8 Å². The number of hydrazine groups is 1. The van der Waals surface area contributed by atoms with E-state index in [0.29, 0.717) is 18.8 Å². The van der Waals surface area contributed by atoms with E-state index in [1.807, 2.05) is 32.0 Å². The first-order chi connectivity index (χ1) is 8.91. The van der Waals surface area contributed by atoms with Crippen LogP contribution >= 0.6 is 0 Å². The van der Waals surface area contributed by atoms with E-state index in [2.05, 4.69) is 10.4 Å². The fraction of sp³-hybridized carbons (Fsp3) is 0.462. The van der Waals surface area contributed by atoms with Crippen LogP contribution < -0.4 is 10.4 Å². The number of carbonyl (C=O) groups is 2. The van der Waals surface area contributed by atoms with Gasteiger partial charge in [0.1, 0.15) is 0 Å². The zero-order valence-corrected chi connectivity index (χ0v) is 11.8. The number of aromatic nitrogens is 1. The molecule has 104 valence electrons. The van der Waals surface area contributed by atoms with Crippen molar-refractivity contribution in [1.82, 2.24) is 15.3 Å². The van der Waals surface area contributed by atoms with Gasteiger partial charge < -0.3 is 4.90 Å². The molecule has 0 aliphatic carbocycles. The maximum atomic E-state index is 11.8. The van der Waals surface area contributed by atoms with Gasteiger partial charge in [-0.05, 0) is 32.6 Å². The van der Waals surface area contributed by atoms with E-state index in [9.17, 15) is 9.59 Å². The lowest BCUT2D eigenvalue weighted by Crippen LogP contribution is -2.46. The van der Waals surface area contributed by atoms with Crippen LogP contribution in [0.15, 0.2) is 18.3 Å². The van der Waals surface area contributed by atoms with E-state index in [1.165, 1.54) is 11.9 Å². The Balaban J connectivity index is 2.77. The number of pyridine rings is 1. The lowest BCUT2D eigenvalue weighted by atomic mass is 10.3. The van der Waals surface area contributed by atoms with Crippen molar-refractivity contribution < 1.29 is 9.59 Å². The van der Waals surface area contributed by atoms with Gasteiger partial charge in [-0.15, -0.1) is 0 Å². The largest absolute Gasteiger partial charge is 0.309 e. The van der Waals surface area contributed by atoms with Crippen LogP contribution in [0.1, 0.15) is 18.9 Å². The van der Waals surface area contributed by atoms with Crippen molar-refractivity contribution >= 4 is 17.6 Å². The molecule has 19 heavy (non-hydrogen) atoms. The summed E-state index contributed by atoms with van der Waals surface area (Å²) in [4.78, 5) is 29.5. The molecule has 0 saturated heterocycles. The van der Waals surface area contributed by atoms with E-state index in [-0.39, 0.29) is 11.8 Å². The average Bonchev–Trinajstić information content (AvgIpc) is 2.34. The molecule has 1 N–H and O–H groups in total. The maximum Gasteiger partial charge on any atom is 0.244 e. The van der Waals surface area contributed by atoms with Crippen molar-refractivity contribution in [2.45, 2.75) is 20.3 Å². The van der Waals surface area contributed by atoms with Crippen molar-refractivity contribution in [3.63, 3.8) is 0 Å². The van der Waals surface area contributed by atoms with Gasteiger partial charge in [0.05, 0.1) is 0 Å². The Labute approximate surface area is 113 Å². The standard InChI is InChI=1S/C13H20N4O2/c1-10-6-5-8-14-13(10)17(11(2)18)15-12(19)7-9-16(3)4/h5-6,8H,7,9H2,1-4H3,(H,15,19). The molecule has 0 unspecified atom stereocenters. The first-order valence-corrected chi connectivity index (χ1v) is 6.08. The highest BCUT2D eigenvalue weighted by Crippen LogP contribution is 2.14. The number of nitrogens with one attached hydrogen (secondary N) is 1. The zero-order chi connectivity index (χ0) is 14.4. The van der Waals surface area contributed by atoms with Crippen LogP contribution in [0.25, 0.3) is 0 Å². The molecule has 0 aromatic carbocycles. The van der Waals surface area contributed by atoms with Crippen molar-refractivity contribution in [3.05, 3.63) is 23.9 Å². The molecule has 0 aliphatic heterocycles. The molecule has 6 nitrogen and oxygen atoms in total. The fourth-order valence-corrected chi connectivity index (χ4v) is 1.50. The van der Waals surface area contributed by atoms with Gasteiger partial charge in [0.15, 0.2) is 5.82 Å². The highest BCUT2D eigenvalue weighted by Gasteiger charge is 2.17. The zero-order valence-electron chi connectivity index (χ0n) is 11.8. The Hall–Kier alpha value is -1.95. The van der Waals surface area contributed by atoms with Crippen molar-refractivity contribution in [2.24, 2.45) is 0 Å². The molecule has 0 aliphatic rings. The number of rotatable bonds is 4. The lowest BCUT2D eigenvalue weighted by molar-refractivity contribution is -0.125. The number of hydrogen-bond acceptors (Lipinski definition) is 4. The monoisotopic (exact) mass is 264 g/mol. The van der Waals surface area contributed by atoms with E-state index in [1.54, 1.807) is 12.3 Å². The predicted molar refractivity (Wildman–Crippen MR) is 73.4 cm³/mol. The molecule has 0 radical (unpaired) electrons. The maximum absolute atomic E-state index is 11.8. The van der Waals surface area contributed by atoms with Crippen molar-refractivity contribution in [3.8, 4) is 0 Å². The van der Waals surface area contributed by atoms with Crippen LogP contribution in [0.5, 0.6) is 0 Å². The number of anilines is 1. The van der Waals surface area contributed by atoms with Crippen LogP contribution in [0.4, 0.5) is 5.82 Å². The van der Waals surface area contributed by atoms with Gasteiger partial charge in [-0.1, -0.05) is 6.07 Å². The van der Waals surface area contributed by atoms with Crippen LogP contribution in [-0.2, 0) is 9.59 Å². The number of carbonyl (C=O) groups excluding carboxylic acids is 2. The number of hydrogen-bond donors (Lipinski definition) is 1. The molecule has 0 bridgehead atoms. The molecule has 0 fully saturated rings. The van der Waals surface area contributed by atoms with Gasteiger partial charge in [0, 0.05) is 26.1 Å². The minimum absolute atomic E-state index is 0.214. The lowest BCUT2D eigenvalue weighted by Gasteiger charge is -2.22. The second-order valence-electron chi connectivity index (χ2n) is 4.59. The summed E-state index contributed by atoms with van der Waals surface area (Å²) in [7, 11) is 3.78. The second kappa shape index (κ2) is 6.84. The Morgan fingerprint density at radius 1 is 1.37 bits per heavy atom. The van der Waals surface area contributed by atoms with Crippen LogP contribution in [-0.4, -0.2) is 42.3 Å². The van der Waals surface area contributed by atoms with E-state index in [4.69, 9.17) is 0 Å². The van der Waals surface area contributed by atoms with Crippen LogP contribution in [0, 0.1) is 6.92 Å². The number of nitrogens with zero attached hydrogens (tertiary/aromatic N) is 3. The fourth-order valence-electron chi connectivity index (χ4n) is 1.50. The van der Waals surface area contributed by atoms with E-state index >= 15 is 0 Å². The van der Waals surface area contributed by atoms with Crippen LogP contribution in [0.2, 0.25) is 0 Å². The van der Waals surface area contributed by atoms with Gasteiger partial charge in [-0.2, -0.15) is 0 Å². The normalized spacial score (nSPS) is 10.4. The first kappa shape index (κ1) is 15.1. The first-order valence-electron chi connectivity index (χ1n) is 6.08. The van der Waals surface area contributed by atoms with E-state index < -0.39 is 0 Å². The summed E-state index contributed by atoms with van der Waals surface area (Å²) in [5, 5.41) is 1.19. The minimum atomic E-state index is -0.278. The molecule has 1 rings (SSSR count). The van der Waals surface area contributed by atoms with Gasteiger partial charge in [0.25, 0.3) is 0 Å². The number of amides is 2. The third-order valence-corrected chi connectivity index (χ3v) is 2.53. The number of aryl methyl sites for hydroxylation is 1. The highest BCUT2D eigenvalue weighted by molar-refractivity contribution is 5.94. The molecule has 1 aromatic rings. The molecule has 2 amide bonds. The summed E-state index contributed by atoms with van der Waals surface area (Å²) >= 11 is 0. The topological polar surface area (TPSA) is 65.5 Å². The highest BCUT2D eigenvalue weighted by atomic mass is 16.2. The van der Waals surface area contributed by atoms with Crippen molar-refractivity contribution in [1.29, 1.82) is 0 Å². The smallest absolute Gasteiger partial charge is 0.244 e. The third-order valence-electron chi connectivity index (χ3n) is 2.53. The summed E-state index contributed by atoms with van der Waals surface area (Å²) in [6, 6.07) is 3.62. The summed E-state index contributed by atoms with van der Waals surface area (Å²) in [5.41, 5.74) is 3.41. The predicted octanol–water partition coefficient (Wildman–Crippen LogP) is 0.726. The Kier molecular flexibility index (Phi) is 5.44. The summed E-state index contributed by atoms with van der Waals surface area (Å²) in [6.07, 6.45) is 1.91. The molecule has 0 saturated carbocycles. The molecule has 6 heteroatoms. The Morgan fingerprint density at radius 3 is 2.58 bits per heavy atom. The minimum Gasteiger partial charge on any atom is -0.309 e. The van der Waals surface area contributed by atoms with Gasteiger partial charge in [-0.3, -0.25) is 15.0 Å². The molecule has 1 aromatic heterocycles. The second-order valence-corrected chi connectivity index (χ2v) is 4.59. The molecular weight excluding hydrogens is 244 g/mol. The van der Waals surface area contributed by atoms with Gasteiger partial charge in [-0.25, -0.2) is 9.99 Å². The molecular formula is C13H20N4O2. The summed E-state index contributed by atoms with van der Waals surface area (Å²) < 4.78 is 0. The third kappa shape index (κ3) is 4.67. The SMILES string of the molecule is CC(=O)N(NC(=O)CCN(C)C)c1ncccc1C. The van der Waals surface area contributed by atoms with Crippen molar-refractivity contribution in [2.75, 3.05) is 25.6 Å².